The lowest BCUT2D eigenvalue weighted by Crippen LogP contribution is -2.13. The number of anilines is 1. The van der Waals surface area contributed by atoms with Crippen molar-refractivity contribution < 1.29 is 18.9 Å². The molecule has 9 nitrogen and oxygen atoms in total. The highest BCUT2D eigenvalue weighted by Gasteiger charge is 2.20. The van der Waals surface area contributed by atoms with Crippen LogP contribution < -0.4 is 10.1 Å². The predicted molar refractivity (Wildman–Crippen MR) is 102 cm³/mol. The van der Waals surface area contributed by atoms with Gasteiger partial charge < -0.3 is 9.15 Å². The zero-order chi connectivity index (χ0) is 20.1. The van der Waals surface area contributed by atoms with Crippen LogP contribution in [0, 0.1) is 21.4 Å². The number of hydrogen-bond acceptors (Lipinski definition) is 8. The Balaban J connectivity index is 1.89. The van der Waals surface area contributed by atoms with E-state index in [1.54, 1.807) is 17.5 Å². The van der Waals surface area contributed by atoms with Gasteiger partial charge in [0, 0.05) is 17.7 Å². The molecule has 0 unspecified atom stereocenters. The van der Waals surface area contributed by atoms with Crippen molar-refractivity contribution in [3.05, 3.63) is 63.4 Å². The topological polar surface area (TPSA) is 131 Å². The molecule has 2 aromatic heterocycles. The van der Waals surface area contributed by atoms with Gasteiger partial charge in [-0.15, -0.1) is 11.3 Å². The Morgan fingerprint density at radius 1 is 1.43 bits per heavy atom. The summed E-state index contributed by atoms with van der Waals surface area (Å²) in [6.07, 6.45) is 2.78. The number of methoxy groups -OCH3 is 1. The highest BCUT2D eigenvalue weighted by molar-refractivity contribution is 7.13. The summed E-state index contributed by atoms with van der Waals surface area (Å²) >= 11 is 1.22. The van der Waals surface area contributed by atoms with Crippen LogP contribution in [0.5, 0.6) is 5.75 Å². The third-order valence-electron chi connectivity index (χ3n) is 3.60. The molecule has 0 spiro atoms. The number of furan rings is 1. The summed E-state index contributed by atoms with van der Waals surface area (Å²) in [6.45, 7) is 0. The summed E-state index contributed by atoms with van der Waals surface area (Å²) in [5.41, 5.74) is -0.136. The Hall–Kier alpha value is -3.97. The number of rotatable bonds is 6. The number of amides is 1. The Labute approximate surface area is 162 Å². The molecule has 2 heterocycles. The SMILES string of the molecule is COc1ccc(-c2ccc(/C=C(\C#N)C(=O)Nc3nccs3)o2)c([N+](=O)[O-])c1. The van der Waals surface area contributed by atoms with Crippen molar-refractivity contribution in [3.8, 4) is 23.1 Å². The number of aromatic nitrogens is 1. The summed E-state index contributed by atoms with van der Waals surface area (Å²) in [6, 6.07) is 9.19. The Morgan fingerprint density at radius 3 is 2.89 bits per heavy atom. The summed E-state index contributed by atoms with van der Waals surface area (Å²) < 4.78 is 10.6. The molecule has 0 saturated heterocycles. The molecule has 0 fully saturated rings. The molecule has 140 valence electrons. The maximum Gasteiger partial charge on any atom is 0.284 e. The largest absolute Gasteiger partial charge is 0.497 e. The van der Waals surface area contributed by atoms with E-state index in [0.29, 0.717) is 10.9 Å². The minimum atomic E-state index is -0.633. The van der Waals surface area contributed by atoms with Crippen LogP contribution in [0.25, 0.3) is 17.4 Å². The number of nitriles is 1. The fourth-order valence-electron chi connectivity index (χ4n) is 2.31. The predicted octanol–water partition coefficient (Wildman–Crippen LogP) is 3.87. The molecule has 0 aliphatic carbocycles. The average molecular weight is 396 g/mol. The van der Waals surface area contributed by atoms with E-state index in [9.17, 15) is 20.2 Å². The molecule has 1 amide bonds. The van der Waals surface area contributed by atoms with Crippen molar-refractivity contribution in [3.63, 3.8) is 0 Å². The molecule has 28 heavy (non-hydrogen) atoms. The van der Waals surface area contributed by atoms with Crippen molar-refractivity contribution >= 4 is 34.1 Å². The molecule has 0 bridgehead atoms. The van der Waals surface area contributed by atoms with Gasteiger partial charge in [0.2, 0.25) is 0 Å². The van der Waals surface area contributed by atoms with E-state index in [1.165, 1.54) is 55.0 Å². The van der Waals surface area contributed by atoms with Crippen LogP contribution >= 0.6 is 11.3 Å². The molecular formula is C18H12N4O5S. The van der Waals surface area contributed by atoms with E-state index < -0.39 is 10.8 Å². The highest BCUT2D eigenvalue weighted by Crippen LogP contribution is 2.34. The molecule has 0 aliphatic heterocycles. The van der Waals surface area contributed by atoms with Crippen molar-refractivity contribution in [2.45, 2.75) is 0 Å². The highest BCUT2D eigenvalue weighted by atomic mass is 32.1. The number of carbonyl (C=O) groups excluding carboxylic acids is 1. The molecule has 1 N–H and O–H groups in total. The van der Waals surface area contributed by atoms with Gasteiger partial charge in [0.15, 0.2) is 5.13 Å². The van der Waals surface area contributed by atoms with Crippen molar-refractivity contribution in [1.29, 1.82) is 5.26 Å². The summed E-state index contributed by atoms with van der Waals surface area (Å²) in [7, 11) is 1.41. The van der Waals surface area contributed by atoms with E-state index in [2.05, 4.69) is 10.3 Å². The van der Waals surface area contributed by atoms with Gasteiger partial charge >= 0.3 is 0 Å². The fourth-order valence-corrected chi connectivity index (χ4v) is 2.84. The lowest BCUT2D eigenvalue weighted by molar-refractivity contribution is -0.384. The van der Waals surface area contributed by atoms with Crippen LogP contribution in [0.15, 0.2) is 51.9 Å². The molecule has 10 heteroatoms. The zero-order valence-electron chi connectivity index (χ0n) is 14.4. The van der Waals surface area contributed by atoms with E-state index in [1.807, 2.05) is 0 Å². The number of hydrogen-bond donors (Lipinski definition) is 1. The summed E-state index contributed by atoms with van der Waals surface area (Å²) in [5.74, 6) is 0.128. The molecule has 1 aromatic carbocycles. The number of thiazole rings is 1. The fraction of sp³-hybridized carbons (Fsp3) is 0.0556. The van der Waals surface area contributed by atoms with Crippen LogP contribution in [-0.4, -0.2) is 22.9 Å². The van der Waals surface area contributed by atoms with Gasteiger partial charge in [-0.3, -0.25) is 20.2 Å². The first-order valence-corrected chi connectivity index (χ1v) is 8.65. The third-order valence-corrected chi connectivity index (χ3v) is 4.29. The first kappa shape index (κ1) is 18.8. The lowest BCUT2D eigenvalue weighted by atomic mass is 10.1. The van der Waals surface area contributed by atoms with Crippen LogP contribution in [0.4, 0.5) is 10.8 Å². The van der Waals surface area contributed by atoms with Crippen LogP contribution in [0.1, 0.15) is 5.76 Å². The Bertz CT molecular complexity index is 1100. The van der Waals surface area contributed by atoms with Gasteiger partial charge in [0.25, 0.3) is 11.6 Å². The molecule has 0 atom stereocenters. The third kappa shape index (κ3) is 4.05. The Kier molecular flexibility index (Phi) is 5.48. The van der Waals surface area contributed by atoms with E-state index in [4.69, 9.17) is 9.15 Å². The smallest absolute Gasteiger partial charge is 0.284 e. The van der Waals surface area contributed by atoms with Crippen molar-refractivity contribution in [2.75, 3.05) is 12.4 Å². The van der Waals surface area contributed by atoms with E-state index in [-0.39, 0.29) is 28.3 Å². The first-order chi connectivity index (χ1) is 13.5. The minimum Gasteiger partial charge on any atom is -0.497 e. The Morgan fingerprint density at radius 2 is 2.25 bits per heavy atom. The van der Waals surface area contributed by atoms with Crippen LogP contribution in [0.3, 0.4) is 0 Å². The standard InChI is InChI=1S/C18H12N4O5S/c1-26-12-2-4-14(15(9-12)22(24)25)16-5-3-13(27-16)8-11(10-19)17(23)21-18-20-6-7-28-18/h2-9H,1H3,(H,20,21,23)/b11-8+. The van der Waals surface area contributed by atoms with Gasteiger partial charge in [0.05, 0.1) is 23.7 Å². The van der Waals surface area contributed by atoms with Crippen molar-refractivity contribution in [1.82, 2.24) is 4.98 Å². The van der Waals surface area contributed by atoms with Gasteiger partial charge in [-0.1, -0.05) is 0 Å². The van der Waals surface area contributed by atoms with Gasteiger partial charge in [-0.05, 0) is 24.3 Å². The van der Waals surface area contributed by atoms with Gasteiger partial charge in [-0.2, -0.15) is 5.26 Å². The summed E-state index contributed by atoms with van der Waals surface area (Å²) in [4.78, 5) is 26.9. The molecule has 0 radical (unpaired) electrons. The first-order valence-electron chi connectivity index (χ1n) is 7.77. The number of nitro benzene ring substituents is 1. The quantitative estimate of drug-likeness (QED) is 0.289. The molecule has 0 saturated carbocycles. The number of nitrogens with one attached hydrogen (secondary N) is 1. The van der Waals surface area contributed by atoms with Crippen LogP contribution in [0.2, 0.25) is 0 Å². The zero-order valence-corrected chi connectivity index (χ0v) is 15.2. The van der Waals surface area contributed by atoms with Gasteiger partial charge in [-0.25, -0.2) is 4.98 Å². The van der Waals surface area contributed by atoms with Crippen LogP contribution in [-0.2, 0) is 4.79 Å². The normalized spacial score (nSPS) is 10.9. The van der Waals surface area contributed by atoms with E-state index in [0.717, 1.165) is 0 Å². The number of nitrogens with zero attached hydrogens (tertiary/aromatic N) is 3. The summed E-state index contributed by atoms with van der Waals surface area (Å²) in [5, 5.41) is 25.1. The maximum absolute atomic E-state index is 12.2. The monoisotopic (exact) mass is 396 g/mol. The number of benzene rings is 1. The number of ether oxygens (including phenoxy) is 1. The van der Waals surface area contributed by atoms with Gasteiger partial charge in [0.1, 0.15) is 28.9 Å². The average Bonchev–Trinajstić information content (AvgIpc) is 3.37. The maximum atomic E-state index is 12.2. The minimum absolute atomic E-state index is 0.189. The molecule has 3 aromatic rings. The second-order valence-corrected chi connectivity index (χ2v) is 6.20. The molecule has 3 rings (SSSR count). The molecular weight excluding hydrogens is 384 g/mol. The molecule has 0 aliphatic rings. The van der Waals surface area contributed by atoms with E-state index >= 15 is 0 Å². The second-order valence-electron chi connectivity index (χ2n) is 5.30. The van der Waals surface area contributed by atoms with Crippen molar-refractivity contribution in [2.24, 2.45) is 0 Å². The second kappa shape index (κ2) is 8.15. The number of carbonyl (C=O) groups is 1. The number of nitro groups is 1. The lowest BCUT2D eigenvalue weighted by Gasteiger charge is -2.03.